The fraction of sp³-hybridized carbons (Fsp3) is 0.455. The Morgan fingerprint density at radius 2 is 2.06 bits per heavy atom. The largest absolute Gasteiger partial charge is 0.395 e. The average molecular weight is 259 g/mol. The Hall–Kier alpha value is -1.11. The van der Waals surface area contributed by atoms with Crippen molar-refractivity contribution in [3.63, 3.8) is 0 Å². The van der Waals surface area contributed by atoms with E-state index in [4.69, 9.17) is 9.84 Å². The van der Waals surface area contributed by atoms with Gasteiger partial charge in [0.25, 0.3) is 0 Å². The van der Waals surface area contributed by atoms with Crippen LogP contribution < -0.4 is 4.72 Å². The molecule has 1 atom stereocenters. The molecule has 0 aromatic heterocycles. The third kappa shape index (κ3) is 3.69. The predicted octanol–water partition coefficient (Wildman–Crippen LogP) is 0.956. The van der Waals surface area contributed by atoms with Gasteiger partial charge >= 0.3 is 0 Å². The Labute approximate surface area is 101 Å². The molecule has 0 saturated carbocycles. The first-order chi connectivity index (χ1) is 8.01. The molecule has 0 aliphatic carbocycles. The molecule has 2 N–H and O–H groups in total. The van der Waals surface area contributed by atoms with Gasteiger partial charge in [-0.15, -0.1) is 0 Å². The topological polar surface area (TPSA) is 75.6 Å². The molecule has 1 aromatic carbocycles. The quantitative estimate of drug-likeness (QED) is 0.797. The summed E-state index contributed by atoms with van der Waals surface area (Å²) in [4.78, 5) is 0. The second-order valence-electron chi connectivity index (χ2n) is 3.73. The Morgan fingerprint density at radius 3 is 2.65 bits per heavy atom. The second-order valence-corrected chi connectivity index (χ2v) is 5.83. The molecule has 0 aliphatic heterocycles. The summed E-state index contributed by atoms with van der Waals surface area (Å²) >= 11 is 0. The number of anilines is 1. The molecule has 0 heterocycles. The van der Waals surface area contributed by atoms with Crippen LogP contribution in [-0.4, -0.2) is 32.5 Å². The van der Waals surface area contributed by atoms with E-state index in [0.717, 1.165) is 5.56 Å². The molecule has 1 aromatic rings. The van der Waals surface area contributed by atoms with Crippen LogP contribution in [0.3, 0.4) is 0 Å². The summed E-state index contributed by atoms with van der Waals surface area (Å²) in [6.45, 7) is 1.36. The molecule has 17 heavy (non-hydrogen) atoms. The third-order valence-electron chi connectivity index (χ3n) is 2.36. The van der Waals surface area contributed by atoms with Crippen molar-refractivity contribution in [1.29, 1.82) is 0 Å². The fourth-order valence-electron chi connectivity index (χ4n) is 1.25. The van der Waals surface area contributed by atoms with Crippen molar-refractivity contribution >= 4 is 15.7 Å². The highest BCUT2D eigenvalue weighted by molar-refractivity contribution is 7.93. The standard InChI is InChI=1S/C11H17NO4S/c1-9(7-13)17(14,15)12-11-6-4-3-5-10(11)8-16-2/h3-6,9,12-13H,7-8H2,1-2H3. The van der Waals surface area contributed by atoms with Gasteiger partial charge in [0.15, 0.2) is 0 Å². The number of hydrogen-bond donors (Lipinski definition) is 2. The normalized spacial score (nSPS) is 13.4. The number of aliphatic hydroxyl groups is 1. The number of benzene rings is 1. The van der Waals surface area contributed by atoms with Crippen LogP contribution in [0.5, 0.6) is 0 Å². The maximum absolute atomic E-state index is 11.8. The highest BCUT2D eigenvalue weighted by Crippen LogP contribution is 2.18. The van der Waals surface area contributed by atoms with E-state index in [9.17, 15) is 8.42 Å². The van der Waals surface area contributed by atoms with Gasteiger partial charge in [0, 0.05) is 12.7 Å². The van der Waals surface area contributed by atoms with E-state index in [1.165, 1.54) is 6.92 Å². The number of aliphatic hydroxyl groups excluding tert-OH is 1. The zero-order valence-corrected chi connectivity index (χ0v) is 10.7. The second kappa shape index (κ2) is 6.00. The van der Waals surface area contributed by atoms with Crippen LogP contribution in [0.4, 0.5) is 5.69 Å². The molecule has 0 fully saturated rings. The van der Waals surface area contributed by atoms with Gasteiger partial charge in [0.1, 0.15) is 5.25 Å². The Balaban J connectivity index is 2.95. The first-order valence-corrected chi connectivity index (χ1v) is 6.75. The predicted molar refractivity (Wildman–Crippen MR) is 66.2 cm³/mol. The van der Waals surface area contributed by atoms with Crippen LogP contribution in [0.2, 0.25) is 0 Å². The van der Waals surface area contributed by atoms with Crippen molar-refractivity contribution in [3.8, 4) is 0 Å². The molecular formula is C11H17NO4S. The van der Waals surface area contributed by atoms with E-state index in [1.54, 1.807) is 25.3 Å². The van der Waals surface area contributed by atoms with Crippen molar-refractivity contribution in [1.82, 2.24) is 0 Å². The van der Waals surface area contributed by atoms with E-state index in [-0.39, 0.29) is 0 Å². The minimum atomic E-state index is -3.56. The van der Waals surface area contributed by atoms with Gasteiger partial charge < -0.3 is 9.84 Å². The molecule has 5 nitrogen and oxygen atoms in total. The molecule has 1 unspecified atom stereocenters. The van der Waals surface area contributed by atoms with Crippen LogP contribution in [0.15, 0.2) is 24.3 Å². The van der Waals surface area contributed by atoms with Crippen LogP contribution in [0.25, 0.3) is 0 Å². The van der Waals surface area contributed by atoms with Crippen LogP contribution in [0.1, 0.15) is 12.5 Å². The molecule has 0 bridgehead atoms. The number of rotatable bonds is 6. The van der Waals surface area contributed by atoms with Crippen LogP contribution in [-0.2, 0) is 21.4 Å². The smallest absolute Gasteiger partial charge is 0.237 e. The number of sulfonamides is 1. The lowest BCUT2D eigenvalue weighted by atomic mass is 10.2. The SMILES string of the molecule is COCc1ccccc1NS(=O)(=O)C(C)CO. The molecule has 0 radical (unpaired) electrons. The van der Waals surface area contributed by atoms with Crippen molar-refractivity contribution < 1.29 is 18.3 Å². The molecule has 0 amide bonds. The molecule has 0 saturated heterocycles. The molecule has 1 rings (SSSR count). The summed E-state index contributed by atoms with van der Waals surface area (Å²) < 4.78 is 31.0. The zero-order valence-electron chi connectivity index (χ0n) is 9.88. The van der Waals surface area contributed by atoms with Gasteiger partial charge in [-0.1, -0.05) is 18.2 Å². The third-order valence-corrected chi connectivity index (χ3v) is 4.07. The van der Waals surface area contributed by atoms with Gasteiger partial charge in [-0.05, 0) is 13.0 Å². The first-order valence-electron chi connectivity index (χ1n) is 5.20. The molecule has 6 heteroatoms. The lowest BCUT2D eigenvalue weighted by molar-refractivity contribution is 0.185. The maximum Gasteiger partial charge on any atom is 0.237 e. The van der Waals surface area contributed by atoms with Crippen LogP contribution in [0, 0.1) is 0 Å². The van der Waals surface area contributed by atoms with Gasteiger partial charge in [0.05, 0.1) is 18.9 Å². The summed E-state index contributed by atoms with van der Waals surface area (Å²) in [6, 6.07) is 6.99. The van der Waals surface area contributed by atoms with E-state index >= 15 is 0 Å². The summed E-state index contributed by atoms with van der Waals surface area (Å²) in [5, 5.41) is 8.03. The molecule has 0 spiro atoms. The molecule has 0 aliphatic rings. The highest BCUT2D eigenvalue weighted by atomic mass is 32.2. The van der Waals surface area contributed by atoms with E-state index in [0.29, 0.717) is 12.3 Å². The lowest BCUT2D eigenvalue weighted by Gasteiger charge is -2.15. The van der Waals surface area contributed by atoms with Gasteiger partial charge in [0.2, 0.25) is 10.0 Å². The summed E-state index contributed by atoms with van der Waals surface area (Å²) in [5.74, 6) is 0. The van der Waals surface area contributed by atoms with E-state index in [1.807, 2.05) is 6.07 Å². The van der Waals surface area contributed by atoms with Gasteiger partial charge in [-0.2, -0.15) is 0 Å². The summed E-state index contributed by atoms with van der Waals surface area (Å²) in [5.41, 5.74) is 1.23. The first kappa shape index (κ1) is 14.0. The van der Waals surface area contributed by atoms with Gasteiger partial charge in [-0.3, -0.25) is 4.72 Å². The fourth-order valence-corrected chi connectivity index (χ4v) is 2.16. The number of methoxy groups -OCH3 is 1. The molecule has 96 valence electrons. The van der Waals surface area contributed by atoms with E-state index in [2.05, 4.69) is 4.72 Å². The highest BCUT2D eigenvalue weighted by Gasteiger charge is 2.20. The monoisotopic (exact) mass is 259 g/mol. The number of ether oxygens (including phenoxy) is 1. The average Bonchev–Trinajstić information content (AvgIpc) is 2.30. The number of para-hydroxylation sites is 1. The van der Waals surface area contributed by atoms with Gasteiger partial charge in [-0.25, -0.2) is 8.42 Å². The van der Waals surface area contributed by atoms with Crippen molar-refractivity contribution in [2.45, 2.75) is 18.8 Å². The summed E-state index contributed by atoms with van der Waals surface area (Å²) in [7, 11) is -2.02. The van der Waals surface area contributed by atoms with Crippen LogP contribution >= 0.6 is 0 Å². The van der Waals surface area contributed by atoms with Crippen molar-refractivity contribution in [2.75, 3.05) is 18.4 Å². The maximum atomic E-state index is 11.8. The lowest BCUT2D eigenvalue weighted by Crippen LogP contribution is -2.28. The van der Waals surface area contributed by atoms with E-state index < -0.39 is 21.9 Å². The van der Waals surface area contributed by atoms with Crippen molar-refractivity contribution in [3.05, 3.63) is 29.8 Å². The number of nitrogens with one attached hydrogen (secondary N) is 1. The zero-order chi connectivity index (χ0) is 12.9. The Kier molecular flexibility index (Phi) is 4.92. The van der Waals surface area contributed by atoms with Crippen molar-refractivity contribution in [2.24, 2.45) is 0 Å². The minimum absolute atomic E-state index is 0.326. The Bertz CT molecular complexity index is 458. The number of hydrogen-bond acceptors (Lipinski definition) is 4. The Morgan fingerprint density at radius 1 is 1.41 bits per heavy atom. The summed E-state index contributed by atoms with van der Waals surface area (Å²) in [6.07, 6.45) is 0. The minimum Gasteiger partial charge on any atom is -0.395 e. The molecular weight excluding hydrogens is 242 g/mol.